The predicted molar refractivity (Wildman–Crippen MR) is 90.1 cm³/mol. The van der Waals surface area contributed by atoms with E-state index in [0.29, 0.717) is 13.0 Å². The van der Waals surface area contributed by atoms with Crippen molar-refractivity contribution in [2.24, 2.45) is 0 Å². The minimum absolute atomic E-state index is 0.222. The average molecular weight is 317 g/mol. The van der Waals surface area contributed by atoms with Gasteiger partial charge in [0, 0.05) is 13.1 Å². The van der Waals surface area contributed by atoms with Gasteiger partial charge in [0.15, 0.2) is 11.6 Å². The molecule has 23 heavy (non-hydrogen) atoms. The molecule has 124 valence electrons. The average Bonchev–Trinajstić information content (AvgIpc) is 2.54. The number of nitrogens with one attached hydrogen (secondary N) is 1. The molecule has 2 aromatic carbocycles. The number of methoxy groups -OCH3 is 1. The van der Waals surface area contributed by atoms with Gasteiger partial charge in [-0.15, -0.1) is 0 Å². The third kappa shape index (κ3) is 5.34. The minimum atomic E-state index is -0.361. The maximum atomic E-state index is 13.7. The van der Waals surface area contributed by atoms with Crippen LogP contribution in [0.1, 0.15) is 30.4 Å². The summed E-state index contributed by atoms with van der Waals surface area (Å²) in [7, 11) is 1.46. The maximum Gasteiger partial charge on any atom is 0.165 e. The van der Waals surface area contributed by atoms with Gasteiger partial charge >= 0.3 is 0 Å². The van der Waals surface area contributed by atoms with Crippen LogP contribution in [0.4, 0.5) is 4.39 Å². The van der Waals surface area contributed by atoms with Gasteiger partial charge in [0.05, 0.1) is 13.2 Å². The molecule has 2 unspecified atom stereocenters. The van der Waals surface area contributed by atoms with Crippen LogP contribution in [0.3, 0.4) is 0 Å². The quantitative estimate of drug-likeness (QED) is 0.783. The number of ether oxygens (including phenoxy) is 1. The summed E-state index contributed by atoms with van der Waals surface area (Å²) in [6, 6.07) is 15.1. The highest BCUT2D eigenvalue weighted by Crippen LogP contribution is 2.21. The molecule has 0 saturated carbocycles. The summed E-state index contributed by atoms with van der Waals surface area (Å²) in [6.45, 7) is 3.10. The van der Waals surface area contributed by atoms with Gasteiger partial charge in [-0.2, -0.15) is 0 Å². The highest BCUT2D eigenvalue weighted by molar-refractivity contribution is 5.29. The third-order valence-corrected chi connectivity index (χ3v) is 3.83. The molecule has 0 heterocycles. The second-order valence-corrected chi connectivity index (χ2v) is 5.79. The summed E-state index contributed by atoms with van der Waals surface area (Å²) in [5, 5.41) is 13.1. The fraction of sp³-hybridized carbons (Fsp3) is 0.368. The number of hydrogen-bond donors (Lipinski definition) is 2. The highest BCUT2D eigenvalue weighted by Gasteiger charge is 2.14. The van der Waals surface area contributed by atoms with Crippen LogP contribution in [0.25, 0.3) is 0 Å². The van der Waals surface area contributed by atoms with Crippen molar-refractivity contribution < 1.29 is 14.2 Å². The summed E-state index contributed by atoms with van der Waals surface area (Å²) >= 11 is 0. The summed E-state index contributed by atoms with van der Waals surface area (Å²) in [5.74, 6) is 0.125. The molecule has 0 aliphatic carbocycles. The lowest BCUT2D eigenvalue weighted by atomic mass is 9.93. The van der Waals surface area contributed by atoms with E-state index in [0.717, 1.165) is 12.1 Å². The first-order valence-electron chi connectivity index (χ1n) is 7.86. The second kappa shape index (κ2) is 8.65. The SMILES string of the molecule is COc1ccc(CNCC(CC(C)O)c2ccccc2)cc1F. The summed E-state index contributed by atoms with van der Waals surface area (Å²) in [5.41, 5.74) is 2.06. The van der Waals surface area contributed by atoms with Gasteiger partial charge in [-0.05, 0) is 42.5 Å². The van der Waals surface area contributed by atoms with Crippen molar-refractivity contribution in [2.45, 2.75) is 31.9 Å². The standard InChI is InChI=1S/C19H24FNO2/c1-14(22)10-17(16-6-4-3-5-7-16)13-21-12-15-8-9-19(23-2)18(20)11-15/h3-9,11,14,17,21-22H,10,12-13H2,1-2H3. The molecule has 0 saturated heterocycles. The molecule has 3 nitrogen and oxygen atoms in total. The third-order valence-electron chi connectivity index (χ3n) is 3.83. The molecule has 0 fully saturated rings. The van der Waals surface area contributed by atoms with Crippen LogP contribution in [0.15, 0.2) is 48.5 Å². The van der Waals surface area contributed by atoms with Gasteiger partial charge in [-0.3, -0.25) is 0 Å². The summed E-state index contributed by atoms with van der Waals surface area (Å²) < 4.78 is 18.6. The van der Waals surface area contributed by atoms with Crippen LogP contribution in [0.2, 0.25) is 0 Å². The van der Waals surface area contributed by atoms with Crippen molar-refractivity contribution in [3.63, 3.8) is 0 Å². The zero-order valence-electron chi connectivity index (χ0n) is 13.6. The van der Waals surface area contributed by atoms with Gasteiger partial charge in [0.2, 0.25) is 0 Å². The van der Waals surface area contributed by atoms with Crippen molar-refractivity contribution in [1.29, 1.82) is 0 Å². The molecule has 4 heteroatoms. The van der Waals surface area contributed by atoms with Crippen molar-refractivity contribution in [3.05, 3.63) is 65.5 Å². The van der Waals surface area contributed by atoms with Crippen molar-refractivity contribution >= 4 is 0 Å². The number of aliphatic hydroxyl groups excluding tert-OH is 1. The molecular weight excluding hydrogens is 293 g/mol. The number of aliphatic hydroxyl groups is 1. The number of hydrogen-bond acceptors (Lipinski definition) is 3. The Balaban J connectivity index is 1.95. The van der Waals surface area contributed by atoms with Crippen LogP contribution in [0, 0.1) is 5.82 Å². The summed E-state index contributed by atoms with van der Waals surface area (Å²) in [4.78, 5) is 0. The predicted octanol–water partition coefficient (Wildman–Crippen LogP) is 3.48. The van der Waals surface area contributed by atoms with E-state index in [9.17, 15) is 9.50 Å². The fourth-order valence-electron chi connectivity index (χ4n) is 2.68. The molecule has 0 spiro atoms. The monoisotopic (exact) mass is 317 g/mol. The normalized spacial score (nSPS) is 13.6. The van der Waals surface area contributed by atoms with E-state index in [-0.39, 0.29) is 23.6 Å². The van der Waals surface area contributed by atoms with Crippen molar-refractivity contribution in [2.75, 3.05) is 13.7 Å². The molecule has 2 aromatic rings. The first-order valence-corrected chi connectivity index (χ1v) is 7.86. The number of rotatable bonds is 8. The van der Waals surface area contributed by atoms with E-state index in [2.05, 4.69) is 17.4 Å². The molecule has 2 N–H and O–H groups in total. The van der Waals surface area contributed by atoms with Crippen LogP contribution in [0.5, 0.6) is 5.75 Å². The Bertz CT molecular complexity index is 602. The Morgan fingerprint density at radius 2 is 1.91 bits per heavy atom. The second-order valence-electron chi connectivity index (χ2n) is 5.79. The smallest absolute Gasteiger partial charge is 0.165 e. The topological polar surface area (TPSA) is 41.5 Å². The van der Waals surface area contributed by atoms with E-state index in [4.69, 9.17) is 4.74 Å². The van der Waals surface area contributed by atoms with Crippen LogP contribution in [-0.4, -0.2) is 24.9 Å². The Hall–Kier alpha value is -1.91. The Kier molecular flexibility index (Phi) is 6.56. The lowest BCUT2D eigenvalue weighted by Crippen LogP contribution is -2.23. The largest absolute Gasteiger partial charge is 0.494 e. The van der Waals surface area contributed by atoms with E-state index < -0.39 is 0 Å². The number of halogens is 1. The highest BCUT2D eigenvalue weighted by atomic mass is 19.1. The minimum Gasteiger partial charge on any atom is -0.494 e. The van der Waals surface area contributed by atoms with Crippen LogP contribution in [-0.2, 0) is 6.54 Å². The van der Waals surface area contributed by atoms with E-state index in [1.807, 2.05) is 24.3 Å². The van der Waals surface area contributed by atoms with Crippen molar-refractivity contribution in [3.8, 4) is 5.75 Å². The van der Waals surface area contributed by atoms with E-state index >= 15 is 0 Å². The molecule has 2 atom stereocenters. The van der Waals surface area contributed by atoms with E-state index in [1.165, 1.54) is 18.7 Å². The molecule has 0 aliphatic rings. The van der Waals surface area contributed by atoms with Crippen LogP contribution >= 0.6 is 0 Å². The first-order chi connectivity index (χ1) is 11.1. The van der Waals surface area contributed by atoms with Crippen LogP contribution < -0.4 is 10.1 Å². The molecular formula is C19H24FNO2. The van der Waals surface area contributed by atoms with Gasteiger partial charge in [-0.25, -0.2) is 4.39 Å². The maximum absolute atomic E-state index is 13.7. The molecule has 0 aliphatic heterocycles. The molecule has 0 aromatic heterocycles. The molecule has 2 rings (SSSR count). The molecule has 0 amide bonds. The van der Waals surface area contributed by atoms with Gasteiger partial charge < -0.3 is 15.2 Å². The Morgan fingerprint density at radius 3 is 2.52 bits per heavy atom. The Morgan fingerprint density at radius 1 is 1.17 bits per heavy atom. The van der Waals surface area contributed by atoms with Gasteiger partial charge in [0.25, 0.3) is 0 Å². The molecule has 0 radical (unpaired) electrons. The van der Waals surface area contributed by atoms with Crippen molar-refractivity contribution in [1.82, 2.24) is 5.32 Å². The number of benzene rings is 2. The fourth-order valence-corrected chi connectivity index (χ4v) is 2.68. The molecule has 0 bridgehead atoms. The van der Waals surface area contributed by atoms with E-state index in [1.54, 1.807) is 13.0 Å². The van der Waals surface area contributed by atoms with Gasteiger partial charge in [0.1, 0.15) is 0 Å². The van der Waals surface area contributed by atoms with Gasteiger partial charge in [-0.1, -0.05) is 36.4 Å². The zero-order chi connectivity index (χ0) is 16.7. The Labute approximate surface area is 137 Å². The first kappa shape index (κ1) is 17.4. The lowest BCUT2D eigenvalue weighted by molar-refractivity contribution is 0.173. The zero-order valence-corrected chi connectivity index (χ0v) is 13.6. The lowest BCUT2D eigenvalue weighted by Gasteiger charge is -2.20. The summed E-state index contributed by atoms with van der Waals surface area (Å²) in [6.07, 6.45) is 0.328.